The summed E-state index contributed by atoms with van der Waals surface area (Å²) in [5.41, 5.74) is 5.56. The molecule has 15 heavy (non-hydrogen) atoms. The van der Waals surface area contributed by atoms with Crippen LogP contribution in [0.3, 0.4) is 0 Å². The number of hydrogen-bond acceptors (Lipinski definition) is 2. The average Bonchev–Trinajstić information content (AvgIpc) is 2.25. The Labute approximate surface area is 92.7 Å². The summed E-state index contributed by atoms with van der Waals surface area (Å²) in [6.45, 7) is 4.19. The molecule has 1 aliphatic heterocycles. The summed E-state index contributed by atoms with van der Waals surface area (Å²) in [6.07, 6.45) is 7.57. The van der Waals surface area contributed by atoms with Crippen LogP contribution >= 0.6 is 0 Å². The van der Waals surface area contributed by atoms with Crippen LogP contribution in [-0.2, 0) is 0 Å². The number of nitrogens with one attached hydrogen (secondary N) is 2. The Kier molecular flexibility index (Phi) is 5.47. The highest BCUT2D eigenvalue weighted by atomic mass is 15.3. The Hall–Kier alpha value is -0.770. The molecule has 1 atom stereocenters. The molecular weight excluding hydrogens is 188 g/mol. The van der Waals surface area contributed by atoms with Crippen molar-refractivity contribution in [1.29, 1.82) is 5.41 Å². The third-order valence-corrected chi connectivity index (χ3v) is 2.97. The molecule has 0 radical (unpaired) electrons. The zero-order valence-corrected chi connectivity index (χ0v) is 9.76. The van der Waals surface area contributed by atoms with E-state index in [1.807, 2.05) is 4.90 Å². The number of nitrogens with two attached hydrogens (primary N) is 1. The number of likely N-dealkylation sites (tertiary alicyclic amines) is 1. The first-order chi connectivity index (χ1) is 7.25. The molecule has 1 rings (SSSR count). The van der Waals surface area contributed by atoms with Crippen molar-refractivity contribution < 1.29 is 0 Å². The van der Waals surface area contributed by atoms with Crippen molar-refractivity contribution in [2.45, 2.75) is 51.6 Å². The summed E-state index contributed by atoms with van der Waals surface area (Å²) < 4.78 is 0. The molecule has 4 nitrogen and oxygen atoms in total. The van der Waals surface area contributed by atoms with Crippen LogP contribution in [0.4, 0.5) is 0 Å². The maximum absolute atomic E-state index is 7.50. The molecule has 0 aromatic rings. The monoisotopic (exact) mass is 212 g/mol. The highest BCUT2D eigenvalue weighted by Gasteiger charge is 2.22. The molecule has 1 aliphatic rings. The van der Waals surface area contributed by atoms with Crippen LogP contribution in [0.15, 0.2) is 0 Å². The van der Waals surface area contributed by atoms with Gasteiger partial charge in [-0.05, 0) is 32.2 Å². The first-order valence-corrected chi connectivity index (χ1v) is 6.09. The molecule has 0 aromatic carbocycles. The quantitative estimate of drug-likeness (QED) is 0.367. The Morgan fingerprint density at radius 2 is 2.27 bits per heavy atom. The van der Waals surface area contributed by atoms with Crippen LogP contribution in [0.1, 0.15) is 45.4 Å². The van der Waals surface area contributed by atoms with Gasteiger partial charge in [-0.1, -0.05) is 19.8 Å². The number of piperidine rings is 1. The van der Waals surface area contributed by atoms with Gasteiger partial charge >= 0.3 is 0 Å². The lowest BCUT2D eigenvalue weighted by molar-refractivity contribution is 0.200. The van der Waals surface area contributed by atoms with Crippen LogP contribution in [-0.4, -0.2) is 30.1 Å². The number of unbranched alkanes of at least 4 members (excludes halogenated alkanes) is 2. The summed E-state index contributed by atoms with van der Waals surface area (Å²) >= 11 is 0. The van der Waals surface area contributed by atoms with Gasteiger partial charge in [0, 0.05) is 6.54 Å². The van der Waals surface area contributed by atoms with Gasteiger partial charge in [-0.3, -0.25) is 10.7 Å². The SMILES string of the molecule is CCCCCNC1CCCCN1C(=N)N. The third-order valence-electron chi connectivity index (χ3n) is 2.97. The first-order valence-electron chi connectivity index (χ1n) is 6.09. The minimum atomic E-state index is 0.211. The molecule has 4 N–H and O–H groups in total. The number of rotatable bonds is 5. The van der Waals surface area contributed by atoms with Crippen LogP contribution in [0.25, 0.3) is 0 Å². The Morgan fingerprint density at radius 3 is 2.93 bits per heavy atom. The van der Waals surface area contributed by atoms with Gasteiger partial charge in [-0.25, -0.2) is 0 Å². The van der Waals surface area contributed by atoms with E-state index in [2.05, 4.69) is 12.2 Å². The predicted octanol–water partition coefficient (Wildman–Crippen LogP) is 1.47. The van der Waals surface area contributed by atoms with Gasteiger partial charge in [0.2, 0.25) is 0 Å². The van der Waals surface area contributed by atoms with E-state index in [0.29, 0.717) is 6.17 Å². The largest absolute Gasteiger partial charge is 0.370 e. The van der Waals surface area contributed by atoms with E-state index < -0.39 is 0 Å². The minimum absolute atomic E-state index is 0.211. The van der Waals surface area contributed by atoms with Crippen molar-refractivity contribution >= 4 is 5.96 Å². The van der Waals surface area contributed by atoms with E-state index in [4.69, 9.17) is 11.1 Å². The molecule has 0 amide bonds. The fraction of sp³-hybridized carbons (Fsp3) is 0.909. The van der Waals surface area contributed by atoms with Gasteiger partial charge in [0.05, 0.1) is 6.17 Å². The summed E-state index contributed by atoms with van der Waals surface area (Å²) in [7, 11) is 0. The van der Waals surface area contributed by atoms with Crippen LogP contribution < -0.4 is 11.1 Å². The molecule has 4 heteroatoms. The molecule has 0 aromatic heterocycles. The van der Waals surface area contributed by atoms with Gasteiger partial charge in [-0.15, -0.1) is 0 Å². The average molecular weight is 212 g/mol. The van der Waals surface area contributed by atoms with E-state index in [1.165, 1.54) is 25.7 Å². The molecule has 0 saturated carbocycles. The highest BCUT2D eigenvalue weighted by molar-refractivity contribution is 5.74. The molecular formula is C11H24N4. The van der Waals surface area contributed by atoms with Gasteiger partial charge in [0.25, 0.3) is 0 Å². The molecule has 1 heterocycles. The lowest BCUT2D eigenvalue weighted by Crippen LogP contribution is -2.53. The molecule has 0 bridgehead atoms. The Bertz CT molecular complexity index is 193. The molecule has 1 unspecified atom stereocenters. The van der Waals surface area contributed by atoms with Crippen LogP contribution in [0, 0.1) is 5.41 Å². The molecule has 1 fully saturated rings. The maximum atomic E-state index is 7.50. The zero-order valence-electron chi connectivity index (χ0n) is 9.76. The topological polar surface area (TPSA) is 65.1 Å². The third kappa shape index (κ3) is 4.08. The standard InChI is InChI=1S/C11H24N4/c1-2-3-5-8-14-10-7-4-6-9-15(10)11(12)13/h10,14H,2-9H2,1H3,(H3,12,13). The molecule has 1 saturated heterocycles. The molecule has 0 aliphatic carbocycles. The highest BCUT2D eigenvalue weighted by Crippen LogP contribution is 2.14. The van der Waals surface area contributed by atoms with Crippen molar-refractivity contribution in [2.24, 2.45) is 5.73 Å². The van der Waals surface area contributed by atoms with Crippen molar-refractivity contribution in [1.82, 2.24) is 10.2 Å². The second-order valence-corrected chi connectivity index (χ2v) is 4.25. The number of guanidine groups is 1. The lowest BCUT2D eigenvalue weighted by atomic mass is 10.1. The first kappa shape index (κ1) is 12.3. The zero-order chi connectivity index (χ0) is 11.1. The van der Waals surface area contributed by atoms with Gasteiger partial charge < -0.3 is 10.6 Å². The van der Waals surface area contributed by atoms with Crippen molar-refractivity contribution in [3.63, 3.8) is 0 Å². The summed E-state index contributed by atoms with van der Waals surface area (Å²) in [6, 6.07) is 0. The lowest BCUT2D eigenvalue weighted by Gasteiger charge is -2.36. The summed E-state index contributed by atoms with van der Waals surface area (Å²) in [5, 5.41) is 11.0. The van der Waals surface area contributed by atoms with Gasteiger partial charge in [0.1, 0.15) is 0 Å². The molecule has 88 valence electrons. The summed E-state index contributed by atoms with van der Waals surface area (Å²) in [4.78, 5) is 1.98. The predicted molar refractivity (Wildman–Crippen MR) is 63.8 cm³/mol. The second-order valence-electron chi connectivity index (χ2n) is 4.25. The maximum Gasteiger partial charge on any atom is 0.189 e. The van der Waals surface area contributed by atoms with Crippen LogP contribution in [0.5, 0.6) is 0 Å². The second kappa shape index (κ2) is 6.67. The van der Waals surface area contributed by atoms with E-state index in [9.17, 15) is 0 Å². The van der Waals surface area contributed by atoms with Crippen LogP contribution in [0.2, 0.25) is 0 Å². The fourth-order valence-electron chi connectivity index (χ4n) is 2.08. The smallest absolute Gasteiger partial charge is 0.189 e. The minimum Gasteiger partial charge on any atom is -0.370 e. The van der Waals surface area contributed by atoms with E-state index in [0.717, 1.165) is 25.9 Å². The summed E-state index contributed by atoms with van der Waals surface area (Å²) in [5.74, 6) is 0.211. The van der Waals surface area contributed by atoms with E-state index >= 15 is 0 Å². The Balaban J connectivity index is 2.26. The number of nitrogens with zero attached hydrogens (tertiary/aromatic N) is 1. The number of hydrogen-bond donors (Lipinski definition) is 3. The van der Waals surface area contributed by atoms with Gasteiger partial charge in [0.15, 0.2) is 5.96 Å². The Morgan fingerprint density at radius 1 is 1.47 bits per heavy atom. The van der Waals surface area contributed by atoms with Crippen molar-refractivity contribution in [3.8, 4) is 0 Å². The van der Waals surface area contributed by atoms with E-state index in [-0.39, 0.29) is 5.96 Å². The molecule has 0 spiro atoms. The van der Waals surface area contributed by atoms with Crippen molar-refractivity contribution in [2.75, 3.05) is 13.1 Å². The normalized spacial score (nSPS) is 21.7. The van der Waals surface area contributed by atoms with Crippen molar-refractivity contribution in [3.05, 3.63) is 0 Å². The fourth-order valence-corrected chi connectivity index (χ4v) is 2.08. The van der Waals surface area contributed by atoms with E-state index in [1.54, 1.807) is 0 Å². The van der Waals surface area contributed by atoms with Gasteiger partial charge in [-0.2, -0.15) is 0 Å².